The second-order valence-electron chi connectivity index (χ2n) is 2.27. The molecule has 0 atom stereocenters. The minimum atomic E-state index is -2.72. The summed E-state index contributed by atoms with van der Waals surface area (Å²) >= 11 is 9.99. The molecular formula is C7H2BrClF2INO. The van der Waals surface area contributed by atoms with Gasteiger partial charge in [-0.25, -0.2) is 13.8 Å². The highest BCUT2D eigenvalue weighted by Gasteiger charge is 2.17. The summed E-state index contributed by atoms with van der Waals surface area (Å²) in [4.78, 5) is 14.4. The van der Waals surface area contributed by atoms with Gasteiger partial charge in [0.05, 0.1) is 9.13 Å². The highest BCUT2D eigenvalue weighted by molar-refractivity contribution is 14.1. The Hall–Kier alpha value is 0.180. The van der Waals surface area contributed by atoms with Crippen LogP contribution in [0.25, 0.3) is 0 Å². The number of alkyl halides is 2. The van der Waals surface area contributed by atoms with Crippen LogP contribution in [0.5, 0.6) is 0 Å². The van der Waals surface area contributed by atoms with Crippen LogP contribution in [0, 0.1) is 3.57 Å². The number of carbonyl (C=O) groups is 1. The molecule has 0 saturated carbocycles. The maximum atomic E-state index is 12.3. The molecule has 7 heteroatoms. The van der Waals surface area contributed by atoms with E-state index in [4.69, 9.17) is 11.6 Å². The first-order valence-corrected chi connectivity index (χ1v) is 5.52. The lowest BCUT2D eigenvalue weighted by Gasteiger charge is -2.05. The zero-order chi connectivity index (χ0) is 10.9. The summed E-state index contributed by atoms with van der Waals surface area (Å²) in [5, 5.41) is -0.778. The molecule has 76 valence electrons. The van der Waals surface area contributed by atoms with Crippen LogP contribution in [-0.4, -0.2) is 10.2 Å². The third-order valence-corrected chi connectivity index (χ3v) is 3.98. The van der Waals surface area contributed by atoms with Crippen molar-refractivity contribution in [3.05, 3.63) is 25.5 Å². The van der Waals surface area contributed by atoms with E-state index in [-0.39, 0.29) is 10.2 Å². The van der Waals surface area contributed by atoms with Gasteiger partial charge in [0.2, 0.25) is 0 Å². The number of aromatic nitrogens is 1. The maximum Gasteiger partial charge on any atom is 0.280 e. The smallest absolute Gasteiger partial charge is 0.276 e. The lowest BCUT2D eigenvalue weighted by Crippen LogP contribution is -2.01. The van der Waals surface area contributed by atoms with Crippen molar-refractivity contribution in [2.24, 2.45) is 0 Å². The number of hydrogen-bond donors (Lipinski definition) is 0. The molecule has 1 heterocycles. The summed E-state index contributed by atoms with van der Waals surface area (Å²) in [5.41, 5.74) is -0.439. The summed E-state index contributed by atoms with van der Waals surface area (Å²) in [6.45, 7) is 0. The highest BCUT2D eigenvalue weighted by Crippen LogP contribution is 2.27. The SMILES string of the molecule is O=C(Cl)c1cc(C(F)F)nc(Br)c1I. The average molecular weight is 396 g/mol. The van der Waals surface area contributed by atoms with Crippen LogP contribution in [0.15, 0.2) is 10.7 Å². The molecule has 0 bridgehead atoms. The minimum Gasteiger partial charge on any atom is -0.276 e. The predicted molar refractivity (Wildman–Crippen MR) is 59.8 cm³/mol. The van der Waals surface area contributed by atoms with Gasteiger partial charge >= 0.3 is 0 Å². The Morgan fingerprint density at radius 3 is 2.64 bits per heavy atom. The van der Waals surface area contributed by atoms with Gasteiger partial charge < -0.3 is 0 Å². The van der Waals surface area contributed by atoms with E-state index >= 15 is 0 Å². The first kappa shape index (κ1) is 12.3. The highest BCUT2D eigenvalue weighted by atomic mass is 127. The number of rotatable bonds is 2. The van der Waals surface area contributed by atoms with E-state index < -0.39 is 17.4 Å². The summed E-state index contributed by atoms with van der Waals surface area (Å²) in [6.07, 6.45) is -2.72. The fourth-order valence-electron chi connectivity index (χ4n) is 0.772. The Morgan fingerprint density at radius 1 is 1.64 bits per heavy atom. The largest absolute Gasteiger partial charge is 0.280 e. The van der Waals surface area contributed by atoms with Crippen molar-refractivity contribution in [1.29, 1.82) is 0 Å². The average Bonchev–Trinajstić information content (AvgIpc) is 2.08. The van der Waals surface area contributed by atoms with E-state index in [1.54, 1.807) is 22.6 Å². The molecule has 0 N–H and O–H groups in total. The molecule has 0 aliphatic heterocycles. The zero-order valence-corrected chi connectivity index (χ0v) is 10.9. The third kappa shape index (κ3) is 2.60. The van der Waals surface area contributed by atoms with Gasteiger partial charge in [0.1, 0.15) is 10.3 Å². The summed E-state index contributed by atoms with van der Waals surface area (Å²) in [7, 11) is 0. The van der Waals surface area contributed by atoms with Crippen molar-refractivity contribution >= 4 is 55.4 Å². The topological polar surface area (TPSA) is 30.0 Å². The summed E-state index contributed by atoms with van der Waals surface area (Å²) in [5.74, 6) is 0. The van der Waals surface area contributed by atoms with Gasteiger partial charge in [0.25, 0.3) is 11.7 Å². The van der Waals surface area contributed by atoms with Crippen molar-refractivity contribution in [2.75, 3.05) is 0 Å². The van der Waals surface area contributed by atoms with Gasteiger partial charge in [0.15, 0.2) is 0 Å². The van der Waals surface area contributed by atoms with Crippen LogP contribution in [0.2, 0.25) is 0 Å². The summed E-state index contributed by atoms with van der Waals surface area (Å²) < 4.78 is 25.2. The molecule has 1 rings (SSSR count). The van der Waals surface area contributed by atoms with Crippen molar-refractivity contribution < 1.29 is 13.6 Å². The monoisotopic (exact) mass is 395 g/mol. The molecule has 0 aliphatic carbocycles. The Balaban J connectivity index is 3.35. The van der Waals surface area contributed by atoms with Gasteiger partial charge in [-0.05, 0) is 56.2 Å². The molecular weight excluding hydrogens is 394 g/mol. The van der Waals surface area contributed by atoms with E-state index in [0.29, 0.717) is 3.57 Å². The molecule has 0 radical (unpaired) electrons. The predicted octanol–water partition coefficient (Wildman–Crippen LogP) is 3.77. The van der Waals surface area contributed by atoms with Crippen molar-refractivity contribution in [3.8, 4) is 0 Å². The molecule has 0 spiro atoms. The van der Waals surface area contributed by atoms with E-state index in [1.807, 2.05) is 0 Å². The Kier molecular flexibility index (Phi) is 4.20. The molecule has 1 aromatic heterocycles. The third-order valence-electron chi connectivity index (χ3n) is 1.37. The number of carbonyl (C=O) groups excluding carboxylic acids is 1. The van der Waals surface area contributed by atoms with Crippen molar-refractivity contribution in [3.63, 3.8) is 0 Å². The van der Waals surface area contributed by atoms with Crippen LogP contribution < -0.4 is 0 Å². The van der Waals surface area contributed by atoms with Gasteiger partial charge in [0, 0.05) is 0 Å². The Bertz CT molecular complexity index is 388. The van der Waals surface area contributed by atoms with Crippen molar-refractivity contribution in [2.45, 2.75) is 6.43 Å². The fraction of sp³-hybridized carbons (Fsp3) is 0.143. The van der Waals surface area contributed by atoms with E-state index in [9.17, 15) is 13.6 Å². The van der Waals surface area contributed by atoms with Crippen LogP contribution >= 0.6 is 50.1 Å². The van der Waals surface area contributed by atoms with Crippen molar-refractivity contribution in [1.82, 2.24) is 4.98 Å². The summed E-state index contributed by atoms with van der Waals surface area (Å²) in [6, 6.07) is 0.993. The fourth-order valence-corrected chi connectivity index (χ4v) is 2.02. The lowest BCUT2D eigenvalue weighted by molar-refractivity contribution is 0.107. The molecule has 0 saturated heterocycles. The lowest BCUT2D eigenvalue weighted by atomic mass is 10.2. The van der Waals surface area contributed by atoms with E-state index in [0.717, 1.165) is 6.07 Å². The molecule has 0 aromatic carbocycles. The van der Waals surface area contributed by atoms with Crippen LogP contribution in [0.3, 0.4) is 0 Å². The first-order valence-electron chi connectivity index (χ1n) is 3.27. The molecule has 0 aliphatic rings. The second-order valence-corrected chi connectivity index (χ2v) is 4.45. The molecule has 0 amide bonds. The minimum absolute atomic E-state index is 0.0319. The number of halogens is 5. The van der Waals surface area contributed by atoms with Crippen LogP contribution in [-0.2, 0) is 0 Å². The normalized spacial score (nSPS) is 10.7. The van der Waals surface area contributed by atoms with Crippen LogP contribution in [0.1, 0.15) is 22.5 Å². The molecule has 0 fully saturated rings. The molecule has 2 nitrogen and oxygen atoms in total. The molecule has 0 unspecified atom stereocenters. The van der Waals surface area contributed by atoms with Gasteiger partial charge in [-0.2, -0.15) is 0 Å². The number of hydrogen-bond acceptors (Lipinski definition) is 2. The van der Waals surface area contributed by atoms with Crippen LogP contribution in [0.4, 0.5) is 8.78 Å². The Morgan fingerprint density at radius 2 is 2.21 bits per heavy atom. The van der Waals surface area contributed by atoms with E-state index in [1.165, 1.54) is 0 Å². The van der Waals surface area contributed by atoms with Gasteiger partial charge in [-0.1, -0.05) is 0 Å². The van der Waals surface area contributed by atoms with Gasteiger partial charge in [-0.3, -0.25) is 4.79 Å². The molecule has 1 aromatic rings. The maximum absolute atomic E-state index is 12.3. The number of nitrogens with zero attached hydrogens (tertiary/aromatic N) is 1. The number of pyridine rings is 1. The Labute approximate surface area is 105 Å². The first-order chi connectivity index (χ1) is 6.43. The molecule has 14 heavy (non-hydrogen) atoms. The zero-order valence-electron chi connectivity index (χ0n) is 6.40. The van der Waals surface area contributed by atoms with Gasteiger partial charge in [-0.15, -0.1) is 0 Å². The van der Waals surface area contributed by atoms with E-state index in [2.05, 4.69) is 20.9 Å². The standard InChI is InChI=1S/C7H2BrClF2INO/c8-5-4(12)2(6(9)14)1-3(13-5)7(10)11/h1,7H. The quantitative estimate of drug-likeness (QED) is 0.433. The second kappa shape index (κ2) is 4.80.